The zero-order valence-corrected chi connectivity index (χ0v) is 7.52. The van der Waals surface area contributed by atoms with Gasteiger partial charge in [-0.1, -0.05) is 0 Å². The quantitative estimate of drug-likeness (QED) is 0.582. The standard InChI is InChI=1S/C7H11F3O5/c8-7(9,10)2-14-6-5(13)4(12)3(1-11)15-6/h3-6,11-13H,1-2H2/t3-,4-,5-,6-/m1/s1. The normalized spacial score (nSPS) is 37.2. The van der Waals surface area contributed by atoms with Crippen molar-refractivity contribution in [1.29, 1.82) is 0 Å². The Morgan fingerprint density at radius 2 is 1.80 bits per heavy atom. The van der Waals surface area contributed by atoms with E-state index in [1.165, 1.54) is 0 Å². The third kappa shape index (κ3) is 3.28. The number of hydrogen-bond acceptors (Lipinski definition) is 5. The van der Waals surface area contributed by atoms with Crippen molar-refractivity contribution >= 4 is 0 Å². The van der Waals surface area contributed by atoms with Gasteiger partial charge in [-0.25, -0.2) is 0 Å². The average molecular weight is 232 g/mol. The fourth-order valence-corrected chi connectivity index (χ4v) is 1.18. The van der Waals surface area contributed by atoms with E-state index in [0.717, 1.165) is 0 Å². The molecule has 8 heteroatoms. The van der Waals surface area contributed by atoms with Gasteiger partial charge in [0.15, 0.2) is 6.29 Å². The van der Waals surface area contributed by atoms with Crippen LogP contribution in [0.1, 0.15) is 0 Å². The van der Waals surface area contributed by atoms with Crippen molar-refractivity contribution in [2.75, 3.05) is 13.2 Å². The second-order valence-corrected chi connectivity index (χ2v) is 3.13. The van der Waals surface area contributed by atoms with Gasteiger partial charge in [0.1, 0.15) is 24.9 Å². The number of aliphatic hydroxyl groups excluding tert-OH is 3. The molecule has 0 aromatic heterocycles. The molecule has 4 atom stereocenters. The molecule has 0 unspecified atom stereocenters. The van der Waals surface area contributed by atoms with Gasteiger partial charge in [-0.3, -0.25) is 0 Å². The molecular formula is C7H11F3O5. The topological polar surface area (TPSA) is 79.2 Å². The highest BCUT2D eigenvalue weighted by atomic mass is 19.4. The molecule has 5 nitrogen and oxygen atoms in total. The first-order valence-corrected chi connectivity index (χ1v) is 4.16. The molecule has 1 heterocycles. The van der Waals surface area contributed by atoms with E-state index in [0.29, 0.717) is 0 Å². The van der Waals surface area contributed by atoms with Crippen LogP contribution in [0.15, 0.2) is 0 Å². The van der Waals surface area contributed by atoms with Gasteiger partial charge in [-0.15, -0.1) is 0 Å². The van der Waals surface area contributed by atoms with Crippen LogP contribution in [0.25, 0.3) is 0 Å². The van der Waals surface area contributed by atoms with Gasteiger partial charge in [0.25, 0.3) is 0 Å². The molecule has 0 aromatic rings. The van der Waals surface area contributed by atoms with Gasteiger partial charge >= 0.3 is 6.18 Å². The molecule has 0 amide bonds. The molecule has 0 aromatic carbocycles. The molecule has 1 rings (SSSR count). The first kappa shape index (κ1) is 12.7. The van der Waals surface area contributed by atoms with Crippen molar-refractivity contribution in [1.82, 2.24) is 0 Å². The number of aliphatic hydroxyl groups is 3. The lowest BCUT2D eigenvalue weighted by molar-refractivity contribution is -0.239. The maximum atomic E-state index is 11.7. The minimum atomic E-state index is -4.54. The lowest BCUT2D eigenvalue weighted by Crippen LogP contribution is -2.35. The number of ether oxygens (including phenoxy) is 2. The fraction of sp³-hybridized carbons (Fsp3) is 1.00. The maximum absolute atomic E-state index is 11.7. The van der Waals surface area contributed by atoms with Crippen molar-refractivity contribution in [2.45, 2.75) is 30.8 Å². The molecule has 0 saturated carbocycles. The van der Waals surface area contributed by atoms with E-state index in [4.69, 9.17) is 10.2 Å². The Hall–Kier alpha value is -0.410. The predicted molar refractivity (Wildman–Crippen MR) is 39.8 cm³/mol. The summed E-state index contributed by atoms with van der Waals surface area (Å²) in [5.74, 6) is 0. The zero-order valence-electron chi connectivity index (χ0n) is 7.52. The summed E-state index contributed by atoms with van der Waals surface area (Å²) >= 11 is 0. The molecule has 3 N–H and O–H groups in total. The van der Waals surface area contributed by atoms with Crippen LogP contribution in [0.3, 0.4) is 0 Å². The molecule has 0 aliphatic carbocycles. The van der Waals surface area contributed by atoms with Crippen LogP contribution >= 0.6 is 0 Å². The first-order valence-electron chi connectivity index (χ1n) is 4.16. The zero-order chi connectivity index (χ0) is 11.6. The van der Waals surface area contributed by atoms with Gasteiger partial charge in [-0.2, -0.15) is 13.2 Å². The highest BCUT2D eigenvalue weighted by molar-refractivity contribution is 4.86. The Morgan fingerprint density at radius 1 is 1.20 bits per heavy atom. The molecule has 1 aliphatic heterocycles. The van der Waals surface area contributed by atoms with E-state index in [-0.39, 0.29) is 0 Å². The summed E-state index contributed by atoms with van der Waals surface area (Å²) in [5, 5.41) is 27.0. The Bertz CT molecular complexity index is 209. The molecule has 90 valence electrons. The molecular weight excluding hydrogens is 221 g/mol. The molecule has 15 heavy (non-hydrogen) atoms. The number of rotatable bonds is 3. The van der Waals surface area contributed by atoms with E-state index in [2.05, 4.69) is 9.47 Å². The lowest BCUT2D eigenvalue weighted by Gasteiger charge is -2.16. The average Bonchev–Trinajstić information content (AvgIpc) is 2.40. The smallest absolute Gasteiger partial charge is 0.394 e. The van der Waals surface area contributed by atoms with Crippen molar-refractivity contribution in [3.05, 3.63) is 0 Å². The summed E-state index contributed by atoms with van der Waals surface area (Å²) < 4.78 is 44.1. The second kappa shape index (κ2) is 4.62. The third-order valence-electron chi connectivity index (χ3n) is 1.91. The van der Waals surface area contributed by atoms with Crippen LogP contribution in [-0.2, 0) is 9.47 Å². The van der Waals surface area contributed by atoms with Crippen LogP contribution in [0, 0.1) is 0 Å². The molecule has 0 radical (unpaired) electrons. The third-order valence-corrected chi connectivity index (χ3v) is 1.91. The maximum Gasteiger partial charge on any atom is 0.411 e. The SMILES string of the molecule is OC[C@H]1O[C@@H](OCC(F)(F)F)[C@H](O)[C@@H]1O. The Morgan fingerprint density at radius 3 is 2.20 bits per heavy atom. The summed E-state index contributed by atoms with van der Waals surface area (Å²) in [4.78, 5) is 0. The molecule has 0 spiro atoms. The Kier molecular flexibility index (Phi) is 3.90. The molecule has 1 saturated heterocycles. The molecule has 0 bridgehead atoms. The van der Waals surface area contributed by atoms with Crippen molar-refractivity contribution in [3.63, 3.8) is 0 Å². The highest BCUT2D eigenvalue weighted by Crippen LogP contribution is 2.24. The van der Waals surface area contributed by atoms with Crippen molar-refractivity contribution < 1.29 is 38.0 Å². The van der Waals surface area contributed by atoms with Crippen molar-refractivity contribution in [3.8, 4) is 0 Å². The number of halogens is 3. The van der Waals surface area contributed by atoms with Crippen LogP contribution < -0.4 is 0 Å². The summed E-state index contributed by atoms with van der Waals surface area (Å²) in [6.07, 6.45) is -10.3. The van der Waals surface area contributed by atoms with E-state index in [1.54, 1.807) is 0 Å². The van der Waals surface area contributed by atoms with Crippen LogP contribution in [-0.4, -0.2) is 59.3 Å². The summed E-state index contributed by atoms with van der Waals surface area (Å²) in [6, 6.07) is 0. The highest BCUT2D eigenvalue weighted by Gasteiger charge is 2.44. The van der Waals surface area contributed by atoms with Gasteiger partial charge in [-0.05, 0) is 0 Å². The summed E-state index contributed by atoms with van der Waals surface area (Å²) in [7, 11) is 0. The first-order chi connectivity index (χ1) is 6.85. The monoisotopic (exact) mass is 232 g/mol. The number of hydrogen-bond donors (Lipinski definition) is 3. The van der Waals surface area contributed by atoms with E-state index in [9.17, 15) is 18.3 Å². The summed E-state index contributed by atoms with van der Waals surface area (Å²) in [5.41, 5.74) is 0. The minimum Gasteiger partial charge on any atom is -0.394 e. The van der Waals surface area contributed by atoms with E-state index < -0.39 is 44.0 Å². The van der Waals surface area contributed by atoms with Gasteiger partial charge in [0, 0.05) is 0 Å². The Labute approximate surface area is 83.0 Å². The molecule has 1 aliphatic rings. The minimum absolute atomic E-state index is 0.607. The van der Waals surface area contributed by atoms with Gasteiger partial charge in [0.2, 0.25) is 0 Å². The second-order valence-electron chi connectivity index (χ2n) is 3.13. The van der Waals surface area contributed by atoms with E-state index >= 15 is 0 Å². The fourth-order valence-electron chi connectivity index (χ4n) is 1.18. The largest absolute Gasteiger partial charge is 0.411 e. The lowest BCUT2D eigenvalue weighted by atomic mass is 10.1. The Balaban J connectivity index is 2.44. The summed E-state index contributed by atoms with van der Waals surface area (Å²) in [6.45, 7) is -2.19. The van der Waals surface area contributed by atoms with Crippen LogP contribution in [0.4, 0.5) is 13.2 Å². The van der Waals surface area contributed by atoms with Gasteiger partial charge in [0.05, 0.1) is 6.61 Å². The van der Waals surface area contributed by atoms with Crippen LogP contribution in [0.2, 0.25) is 0 Å². The van der Waals surface area contributed by atoms with Crippen LogP contribution in [0.5, 0.6) is 0 Å². The molecule has 1 fully saturated rings. The van der Waals surface area contributed by atoms with Crippen molar-refractivity contribution in [2.24, 2.45) is 0 Å². The van der Waals surface area contributed by atoms with E-state index in [1.807, 2.05) is 0 Å². The predicted octanol–water partition coefficient (Wildman–Crippen LogP) is -0.996. The van der Waals surface area contributed by atoms with Gasteiger partial charge < -0.3 is 24.8 Å². The number of alkyl halides is 3.